The van der Waals surface area contributed by atoms with Crippen LogP contribution in [0.1, 0.15) is 16.7 Å². The summed E-state index contributed by atoms with van der Waals surface area (Å²) < 4.78 is 0. The van der Waals surface area contributed by atoms with Crippen molar-refractivity contribution in [1.29, 1.82) is 0 Å². The predicted octanol–water partition coefficient (Wildman–Crippen LogP) is 1.57. The molecule has 1 saturated heterocycles. The number of hydrogen-bond acceptors (Lipinski definition) is 3. The summed E-state index contributed by atoms with van der Waals surface area (Å²) in [6.45, 7) is 6.08. The van der Waals surface area contributed by atoms with E-state index >= 15 is 0 Å². The van der Waals surface area contributed by atoms with E-state index in [-0.39, 0.29) is 11.5 Å². The zero-order valence-electron chi connectivity index (χ0n) is 14.0. The van der Waals surface area contributed by atoms with Crippen molar-refractivity contribution in [3.8, 4) is 0 Å². The summed E-state index contributed by atoms with van der Waals surface area (Å²) in [6, 6.07) is 11.5. The Morgan fingerprint density at radius 3 is 2.50 bits per heavy atom. The lowest BCUT2D eigenvalue weighted by Crippen LogP contribution is -2.48. The third-order valence-electron chi connectivity index (χ3n) is 4.58. The molecule has 1 fully saturated rings. The van der Waals surface area contributed by atoms with Gasteiger partial charge in [0.1, 0.15) is 0 Å². The molecule has 5 nitrogen and oxygen atoms in total. The largest absolute Gasteiger partial charge is 0.340 e. The minimum Gasteiger partial charge on any atom is -0.340 e. The summed E-state index contributed by atoms with van der Waals surface area (Å²) in [5.41, 5.74) is 3.29. The number of carbonyl (C=O) groups is 1. The number of benzene rings is 1. The Bertz CT molecular complexity index is 741. The maximum Gasteiger partial charge on any atom is 0.247 e. The highest BCUT2D eigenvalue weighted by Crippen LogP contribution is 2.12. The van der Waals surface area contributed by atoms with E-state index in [0.717, 1.165) is 43.9 Å². The lowest BCUT2D eigenvalue weighted by molar-refractivity contribution is -0.132. The fraction of sp³-hybridized carbons (Fsp3) is 0.368. The number of aromatic amines is 1. The molecule has 1 aromatic heterocycles. The van der Waals surface area contributed by atoms with Gasteiger partial charge in [-0.1, -0.05) is 30.3 Å². The van der Waals surface area contributed by atoms with Gasteiger partial charge in [0.25, 0.3) is 0 Å². The molecule has 1 aliphatic rings. The highest BCUT2D eigenvalue weighted by molar-refractivity contribution is 5.79. The van der Waals surface area contributed by atoms with Crippen LogP contribution in [0.15, 0.2) is 47.4 Å². The van der Waals surface area contributed by atoms with Gasteiger partial charge in [-0.25, -0.2) is 0 Å². The maximum atomic E-state index is 12.5. The van der Waals surface area contributed by atoms with E-state index in [0.29, 0.717) is 6.42 Å². The number of aryl methyl sites for hydroxylation is 1. The van der Waals surface area contributed by atoms with E-state index in [4.69, 9.17) is 0 Å². The second-order valence-electron chi connectivity index (χ2n) is 6.32. The highest BCUT2D eigenvalue weighted by atomic mass is 16.2. The Morgan fingerprint density at radius 2 is 1.83 bits per heavy atom. The van der Waals surface area contributed by atoms with Crippen LogP contribution >= 0.6 is 0 Å². The fourth-order valence-electron chi connectivity index (χ4n) is 3.04. The minimum atomic E-state index is -0.0784. The van der Waals surface area contributed by atoms with Crippen molar-refractivity contribution in [3.05, 3.63) is 69.6 Å². The van der Waals surface area contributed by atoms with E-state index in [2.05, 4.69) is 9.88 Å². The van der Waals surface area contributed by atoms with E-state index in [1.165, 1.54) is 5.56 Å². The summed E-state index contributed by atoms with van der Waals surface area (Å²) in [7, 11) is 0. The molecule has 0 spiro atoms. The first-order valence-electron chi connectivity index (χ1n) is 8.34. The quantitative estimate of drug-likeness (QED) is 0.928. The van der Waals surface area contributed by atoms with Gasteiger partial charge in [-0.05, 0) is 23.6 Å². The normalized spacial score (nSPS) is 15.5. The topological polar surface area (TPSA) is 56.4 Å². The third-order valence-corrected chi connectivity index (χ3v) is 4.58. The van der Waals surface area contributed by atoms with Crippen LogP contribution in [-0.4, -0.2) is 46.9 Å². The first-order valence-corrected chi connectivity index (χ1v) is 8.34. The predicted molar refractivity (Wildman–Crippen MR) is 93.8 cm³/mol. The zero-order chi connectivity index (χ0) is 16.9. The van der Waals surface area contributed by atoms with Crippen LogP contribution in [-0.2, 0) is 17.8 Å². The second kappa shape index (κ2) is 7.45. The second-order valence-corrected chi connectivity index (χ2v) is 6.32. The third kappa shape index (κ3) is 4.11. The Balaban J connectivity index is 1.51. The number of amides is 1. The highest BCUT2D eigenvalue weighted by Gasteiger charge is 2.21. The first-order chi connectivity index (χ1) is 11.6. The van der Waals surface area contributed by atoms with Gasteiger partial charge >= 0.3 is 0 Å². The Morgan fingerprint density at radius 1 is 1.08 bits per heavy atom. The van der Waals surface area contributed by atoms with Crippen molar-refractivity contribution in [2.45, 2.75) is 19.9 Å². The summed E-state index contributed by atoms with van der Waals surface area (Å²) >= 11 is 0. The Labute approximate surface area is 141 Å². The van der Waals surface area contributed by atoms with Gasteiger partial charge in [0.2, 0.25) is 11.5 Å². The van der Waals surface area contributed by atoms with Crippen LogP contribution in [0.25, 0.3) is 0 Å². The molecule has 5 heteroatoms. The molecule has 1 N–H and O–H groups in total. The van der Waals surface area contributed by atoms with Crippen LogP contribution in [0.4, 0.5) is 0 Å². The molecule has 1 amide bonds. The molecule has 1 aromatic carbocycles. The fourth-order valence-corrected chi connectivity index (χ4v) is 3.04. The van der Waals surface area contributed by atoms with Gasteiger partial charge in [0, 0.05) is 45.0 Å². The average Bonchev–Trinajstić information content (AvgIpc) is 2.59. The summed E-state index contributed by atoms with van der Waals surface area (Å²) in [5, 5.41) is 0. The SMILES string of the molecule is Cc1ccccc1CC(=O)N1CCN(Cc2ccc(=O)[nH]c2)CC1. The van der Waals surface area contributed by atoms with Crippen molar-refractivity contribution in [2.75, 3.05) is 26.2 Å². The first kappa shape index (κ1) is 16.5. The number of carbonyl (C=O) groups excluding carboxylic acids is 1. The molecule has 0 radical (unpaired) electrons. The molecule has 24 heavy (non-hydrogen) atoms. The van der Waals surface area contributed by atoms with E-state index in [1.54, 1.807) is 12.3 Å². The lowest BCUT2D eigenvalue weighted by Gasteiger charge is -2.34. The van der Waals surface area contributed by atoms with Crippen molar-refractivity contribution >= 4 is 5.91 Å². The van der Waals surface area contributed by atoms with Crippen molar-refractivity contribution in [3.63, 3.8) is 0 Å². The standard InChI is InChI=1S/C19H23N3O2/c1-15-4-2-3-5-17(15)12-19(24)22-10-8-21(9-11-22)14-16-6-7-18(23)20-13-16/h2-7,13H,8-12,14H2,1H3,(H,20,23). The van der Waals surface area contributed by atoms with Gasteiger partial charge < -0.3 is 9.88 Å². The molecule has 1 aliphatic heterocycles. The number of hydrogen-bond donors (Lipinski definition) is 1. The van der Waals surface area contributed by atoms with Crippen LogP contribution in [0.5, 0.6) is 0 Å². The molecule has 2 aromatic rings. The zero-order valence-corrected chi connectivity index (χ0v) is 14.0. The van der Waals surface area contributed by atoms with Crippen molar-refractivity contribution in [2.24, 2.45) is 0 Å². The average molecular weight is 325 g/mol. The maximum absolute atomic E-state index is 12.5. The van der Waals surface area contributed by atoms with Gasteiger partial charge in [-0.2, -0.15) is 0 Å². The molecule has 3 rings (SSSR count). The van der Waals surface area contributed by atoms with E-state index in [9.17, 15) is 9.59 Å². The van der Waals surface area contributed by atoms with E-state index < -0.39 is 0 Å². The number of nitrogens with zero attached hydrogens (tertiary/aromatic N) is 2. The number of H-pyrrole nitrogens is 1. The summed E-state index contributed by atoms with van der Waals surface area (Å²) in [5.74, 6) is 0.202. The Kier molecular flexibility index (Phi) is 5.11. The van der Waals surface area contributed by atoms with Gasteiger partial charge in [0.05, 0.1) is 6.42 Å². The molecule has 0 bridgehead atoms. The van der Waals surface area contributed by atoms with Gasteiger partial charge in [-0.15, -0.1) is 0 Å². The summed E-state index contributed by atoms with van der Waals surface area (Å²) in [4.78, 5) is 30.5. The summed E-state index contributed by atoms with van der Waals surface area (Å²) in [6.07, 6.45) is 2.24. The van der Waals surface area contributed by atoms with Crippen LogP contribution in [0, 0.1) is 6.92 Å². The lowest BCUT2D eigenvalue weighted by atomic mass is 10.1. The Hall–Kier alpha value is -2.40. The van der Waals surface area contributed by atoms with Gasteiger partial charge in [0.15, 0.2) is 0 Å². The van der Waals surface area contributed by atoms with Gasteiger partial charge in [-0.3, -0.25) is 14.5 Å². The molecular formula is C19H23N3O2. The monoisotopic (exact) mass is 325 g/mol. The molecular weight excluding hydrogens is 302 g/mol. The van der Waals surface area contributed by atoms with Crippen molar-refractivity contribution in [1.82, 2.24) is 14.8 Å². The molecule has 2 heterocycles. The number of rotatable bonds is 4. The number of aromatic nitrogens is 1. The molecule has 126 valence electrons. The van der Waals surface area contributed by atoms with Crippen LogP contribution in [0.2, 0.25) is 0 Å². The molecule has 0 aliphatic carbocycles. The van der Waals surface area contributed by atoms with Crippen molar-refractivity contribution < 1.29 is 4.79 Å². The smallest absolute Gasteiger partial charge is 0.247 e. The van der Waals surface area contributed by atoms with Crippen LogP contribution in [0.3, 0.4) is 0 Å². The minimum absolute atomic E-state index is 0.0784. The number of nitrogens with one attached hydrogen (secondary N) is 1. The van der Waals surface area contributed by atoms with E-state index in [1.807, 2.05) is 42.2 Å². The number of piperazine rings is 1. The molecule has 0 atom stereocenters. The molecule has 0 saturated carbocycles. The number of pyridine rings is 1. The molecule has 0 unspecified atom stereocenters. The van der Waals surface area contributed by atoms with Crippen LogP contribution < -0.4 is 5.56 Å².